The zero-order valence-electron chi connectivity index (χ0n) is 8.71. The Bertz CT molecular complexity index is 277. The molecular formula is C11H16O2Se. The van der Waals surface area contributed by atoms with Crippen LogP contribution in [0.5, 0.6) is 0 Å². The van der Waals surface area contributed by atoms with Crippen molar-refractivity contribution in [1.29, 1.82) is 0 Å². The van der Waals surface area contributed by atoms with Gasteiger partial charge in [0, 0.05) is 0 Å². The van der Waals surface area contributed by atoms with E-state index in [0.29, 0.717) is 14.5 Å². The Balaban J connectivity index is 2.13. The van der Waals surface area contributed by atoms with Gasteiger partial charge in [-0.25, -0.2) is 0 Å². The molecule has 1 aromatic heterocycles. The summed E-state index contributed by atoms with van der Waals surface area (Å²) in [6.45, 7) is 1.62. The van der Waals surface area contributed by atoms with Crippen molar-refractivity contribution in [3.63, 3.8) is 0 Å². The Labute approximate surface area is 91.0 Å². The van der Waals surface area contributed by atoms with Crippen molar-refractivity contribution in [2.45, 2.75) is 12.8 Å². The second-order valence-corrected chi connectivity index (χ2v) is 5.70. The first-order chi connectivity index (χ1) is 6.79. The molecule has 0 atom stereocenters. The number of rotatable bonds is 4. The van der Waals surface area contributed by atoms with Crippen LogP contribution in [-0.2, 0) is 22.3 Å². The molecule has 1 aliphatic carbocycles. The zero-order chi connectivity index (χ0) is 10.0. The van der Waals surface area contributed by atoms with Gasteiger partial charge >= 0.3 is 90.7 Å². The Morgan fingerprint density at radius 3 is 2.07 bits per heavy atom. The van der Waals surface area contributed by atoms with Crippen LogP contribution in [0.1, 0.15) is 11.1 Å². The predicted octanol–water partition coefficient (Wildman–Crippen LogP) is 1.12. The summed E-state index contributed by atoms with van der Waals surface area (Å²) < 4.78 is 10.6. The topological polar surface area (TPSA) is 18.5 Å². The monoisotopic (exact) mass is 260 g/mol. The fourth-order valence-electron chi connectivity index (χ4n) is 2.39. The van der Waals surface area contributed by atoms with Gasteiger partial charge in [0.25, 0.3) is 0 Å². The van der Waals surface area contributed by atoms with Crippen LogP contribution in [-0.4, -0.2) is 41.9 Å². The van der Waals surface area contributed by atoms with Crippen molar-refractivity contribution in [3.05, 3.63) is 21.0 Å². The quantitative estimate of drug-likeness (QED) is 0.754. The first kappa shape index (κ1) is 10.4. The fraction of sp³-hybridized carbons (Fsp3) is 0.636. The average Bonchev–Trinajstić information content (AvgIpc) is 2.63. The van der Waals surface area contributed by atoms with E-state index < -0.39 is 0 Å². The molecule has 2 rings (SSSR count). The Kier molecular flexibility index (Phi) is 3.13. The molecule has 78 valence electrons. The van der Waals surface area contributed by atoms with Crippen LogP contribution >= 0.6 is 0 Å². The van der Waals surface area contributed by atoms with Gasteiger partial charge in [-0.15, -0.1) is 0 Å². The van der Waals surface area contributed by atoms with Gasteiger partial charge in [-0.05, 0) is 0 Å². The number of methoxy groups -OCH3 is 2. The maximum atomic E-state index is 5.32. The number of ether oxygens (including phenoxy) is 2. The van der Waals surface area contributed by atoms with Crippen LogP contribution < -0.4 is 0 Å². The van der Waals surface area contributed by atoms with Crippen LogP contribution in [0.2, 0.25) is 0 Å². The molecule has 0 radical (unpaired) electrons. The normalized spacial score (nSPS) is 18.4. The van der Waals surface area contributed by atoms with Gasteiger partial charge in [0.2, 0.25) is 0 Å². The molecule has 1 heterocycles. The van der Waals surface area contributed by atoms with Gasteiger partial charge < -0.3 is 0 Å². The van der Waals surface area contributed by atoms with Gasteiger partial charge in [0.05, 0.1) is 0 Å². The number of hydrogen-bond acceptors (Lipinski definition) is 2. The summed E-state index contributed by atoms with van der Waals surface area (Å²) in [5.41, 5.74) is 3.33. The maximum absolute atomic E-state index is 5.32. The van der Waals surface area contributed by atoms with E-state index >= 15 is 0 Å². The van der Waals surface area contributed by atoms with Crippen LogP contribution in [0, 0.1) is 5.41 Å². The molecule has 0 N–H and O–H groups in total. The first-order valence-electron chi connectivity index (χ1n) is 4.81. The number of fused-ring (bicyclic) bond motifs is 1. The van der Waals surface area contributed by atoms with E-state index in [0.717, 1.165) is 26.1 Å². The van der Waals surface area contributed by atoms with Crippen LogP contribution in [0.4, 0.5) is 0 Å². The van der Waals surface area contributed by atoms with Crippen molar-refractivity contribution >= 4 is 14.5 Å². The van der Waals surface area contributed by atoms with Crippen molar-refractivity contribution in [2.75, 3.05) is 27.4 Å². The molecule has 14 heavy (non-hydrogen) atoms. The molecule has 0 saturated carbocycles. The minimum atomic E-state index is 0.220. The zero-order valence-corrected chi connectivity index (χ0v) is 10.4. The second kappa shape index (κ2) is 4.19. The van der Waals surface area contributed by atoms with Crippen molar-refractivity contribution in [1.82, 2.24) is 0 Å². The van der Waals surface area contributed by atoms with E-state index in [1.807, 2.05) is 0 Å². The summed E-state index contributed by atoms with van der Waals surface area (Å²) in [7, 11) is 3.55. The predicted molar refractivity (Wildman–Crippen MR) is 57.0 cm³/mol. The molecule has 2 nitrogen and oxygen atoms in total. The van der Waals surface area contributed by atoms with Gasteiger partial charge in [0.1, 0.15) is 0 Å². The molecule has 0 aromatic carbocycles. The summed E-state index contributed by atoms with van der Waals surface area (Å²) in [5.74, 6) is 0. The average molecular weight is 259 g/mol. The first-order valence-corrected chi connectivity index (χ1v) is 6.79. The molecule has 0 spiro atoms. The summed E-state index contributed by atoms with van der Waals surface area (Å²) in [6.07, 6.45) is 2.28. The van der Waals surface area contributed by atoms with Crippen molar-refractivity contribution in [2.24, 2.45) is 5.41 Å². The third kappa shape index (κ3) is 1.82. The third-order valence-corrected chi connectivity index (χ3v) is 4.63. The molecule has 0 fully saturated rings. The van der Waals surface area contributed by atoms with Crippen LogP contribution in [0.25, 0.3) is 0 Å². The fourth-order valence-corrected chi connectivity index (χ4v) is 4.21. The SMILES string of the molecule is COCC1(COC)Cc2c[se]cc2C1. The summed E-state index contributed by atoms with van der Waals surface area (Å²) in [5, 5.41) is 0. The third-order valence-electron chi connectivity index (χ3n) is 2.87. The van der Waals surface area contributed by atoms with E-state index in [-0.39, 0.29) is 5.41 Å². The molecular weight excluding hydrogens is 243 g/mol. The van der Waals surface area contributed by atoms with Gasteiger partial charge in [-0.2, -0.15) is 0 Å². The van der Waals surface area contributed by atoms with Crippen molar-refractivity contribution < 1.29 is 9.47 Å². The van der Waals surface area contributed by atoms with Gasteiger partial charge in [-0.1, -0.05) is 0 Å². The summed E-state index contributed by atoms with van der Waals surface area (Å²) in [4.78, 5) is 4.80. The molecule has 0 aliphatic heterocycles. The Morgan fingerprint density at radius 2 is 1.64 bits per heavy atom. The van der Waals surface area contributed by atoms with E-state index in [1.54, 1.807) is 25.3 Å². The van der Waals surface area contributed by atoms with E-state index in [1.165, 1.54) is 0 Å². The van der Waals surface area contributed by atoms with Gasteiger partial charge in [-0.3, -0.25) is 0 Å². The molecule has 1 aliphatic rings. The summed E-state index contributed by atoms with van der Waals surface area (Å²) in [6, 6.07) is 0. The second-order valence-electron chi connectivity index (χ2n) is 4.14. The molecule has 0 amide bonds. The van der Waals surface area contributed by atoms with E-state index in [4.69, 9.17) is 9.47 Å². The van der Waals surface area contributed by atoms with Crippen molar-refractivity contribution in [3.8, 4) is 0 Å². The molecule has 1 aromatic rings. The Morgan fingerprint density at radius 1 is 1.14 bits per heavy atom. The molecule has 0 bridgehead atoms. The van der Waals surface area contributed by atoms with Crippen LogP contribution in [0.15, 0.2) is 9.88 Å². The van der Waals surface area contributed by atoms with E-state index in [9.17, 15) is 0 Å². The Hall–Kier alpha value is -0.0805. The number of hydrogen-bond donors (Lipinski definition) is 0. The van der Waals surface area contributed by atoms with E-state index in [2.05, 4.69) is 9.88 Å². The van der Waals surface area contributed by atoms with Gasteiger partial charge in [0.15, 0.2) is 0 Å². The standard InChI is InChI=1S/C11H16O2Se/c1-12-7-11(8-13-2)3-9-5-14-6-10(9)4-11/h5-6H,3-4,7-8H2,1-2H3. The minimum absolute atomic E-state index is 0.220. The molecule has 0 unspecified atom stereocenters. The molecule has 3 heteroatoms. The molecule has 0 saturated heterocycles. The summed E-state index contributed by atoms with van der Waals surface area (Å²) >= 11 is 0.622. The van der Waals surface area contributed by atoms with Crippen LogP contribution in [0.3, 0.4) is 0 Å².